The van der Waals surface area contributed by atoms with Crippen LogP contribution >= 0.6 is 0 Å². The number of benzene rings is 6. The summed E-state index contributed by atoms with van der Waals surface area (Å²) in [7, 11) is 0. The molecule has 2 aromatic heterocycles. The Hall–Kier alpha value is -7.85. The first kappa shape index (κ1) is 38.9. The average molecular weight is 749 g/mol. The molecular weight excluding hydrogens is 709 g/mol. The van der Waals surface area contributed by atoms with Gasteiger partial charge >= 0.3 is 6.03 Å². The number of aromatic nitrogens is 4. The maximum atomic E-state index is 12.8. The van der Waals surface area contributed by atoms with Gasteiger partial charge in [-0.25, -0.2) is 24.7 Å². The number of amides is 2. The van der Waals surface area contributed by atoms with Crippen LogP contribution in [-0.2, 0) is 0 Å². The quantitative estimate of drug-likeness (QED) is 0.137. The van der Waals surface area contributed by atoms with Crippen molar-refractivity contribution in [3.05, 3.63) is 199 Å². The monoisotopic (exact) mass is 748 g/mol. The Morgan fingerprint density at radius 2 is 0.912 bits per heavy atom. The lowest BCUT2D eigenvalue weighted by Gasteiger charge is -2.14. The smallest absolute Gasteiger partial charge is 0.323 e. The first-order chi connectivity index (χ1) is 27.9. The Morgan fingerprint density at radius 1 is 0.491 bits per heavy atom. The highest BCUT2D eigenvalue weighted by atomic mass is 16.3. The molecule has 2 heterocycles. The molecule has 10 nitrogen and oxygen atoms in total. The van der Waals surface area contributed by atoms with Crippen molar-refractivity contribution in [1.82, 2.24) is 19.9 Å². The molecule has 0 fully saturated rings. The van der Waals surface area contributed by atoms with Crippen molar-refractivity contribution in [2.45, 2.75) is 13.8 Å². The number of para-hydroxylation sites is 1. The number of nitrogens with zero attached hydrogens (tertiary/aromatic N) is 5. The van der Waals surface area contributed by atoms with Gasteiger partial charge in [0.1, 0.15) is 17.3 Å². The number of nitroso groups, excluding NO2 is 1. The second-order valence-corrected chi connectivity index (χ2v) is 12.6. The van der Waals surface area contributed by atoms with Crippen molar-refractivity contribution >= 4 is 28.8 Å². The number of anilines is 3. The minimum Gasteiger partial charge on any atom is -0.396 e. The molecule has 0 unspecified atom stereocenters. The Morgan fingerprint density at radius 3 is 1.49 bits per heavy atom. The standard InChI is InChI=1S/C24H20N4O.C12H9NO.C11H11N3/c1-17-25-16-22(23(26-17)19-12-6-3-7-13-19)28-24(29)27-21-15-9-8-14-20(21)18-10-4-2-5-11-18;14-13-12-9-5-4-8-11(12)10-6-2-1-3-7-10;1-8-13-7-10(12)11(14-8)9-5-3-2-4-6-9/h2-16H,1H3,(H2,27,28,29);1-9H;2-7H,12H2,1H3. The number of hydrogen-bond acceptors (Lipinski definition) is 8. The molecule has 0 saturated heterocycles. The van der Waals surface area contributed by atoms with E-state index in [0.717, 1.165) is 50.6 Å². The molecule has 8 rings (SSSR count). The highest BCUT2D eigenvalue weighted by Crippen LogP contribution is 2.30. The highest BCUT2D eigenvalue weighted by molar-refractivity contribution is 6.04. The van der Waals surface area contributed by atoms with Crippen molar-refractivity contribution in [2.24, 2.45) is 5.18 Å². The maximum Gasteiger partial charge on any atom is 0.323 e. The third-order valence-corrected chi connectivity index (χ3v) is 8.54. The molecule has 10 heteroatoms. The van der Waals surface area contributed by atoms with Gasteiger partial charge in [-0.05, 0) is 42.3 Å². The predicted octanol–water partition coefficient (Wildman–Crippen LogP) is 11.5. The van der Waals surface area contributed by atoms with Gasteiger partial charge in [0.25, 0.3) is 0 Å². The summed E-state index contributed by atoms with van der Waals surface area (Å²) in [6.45, 7) is 3.68. The summed E-state index contributed by atoms with van der Waals surface area (Å²) in [6, 6.07) is 54.0. The largest absolute Gasteiger partial charge is 0.396 e. The van der Waals surface area contributed by atoms with Gasteiger partial charge in [0.05, 0.1) is 40.8 Å². The van der Waals surface area contributed by atoms with Gasteiger partial charge in [-0.3, -0.25) is 0 Å². The zero-order valence-corrected chi connectivity index (χ0v) is 31.5. The number of urea groups is 1. The van der Waals surface area contributed by atoms with E-state index in [9.17, 15) is 9.70 Å². The van der Waals surface area contributed by atoms with E-state index in [1.807, 2.05) is 178 Å². The molecule has 0 spiro atoms. The van der Waals surface area contributed by atoms with Gasteiger partial charge in [0.2, 0.25) is 0 Å². The molecule has 8 aromatic rings. The molecule has 2 amide bonds. The molecule has 57 heavy (non-hydrogen) atoms. The fraction of sp³-hybridized carbons (Fsp3) is 0.0426. The first-order valence-corrected chi connectivity index (χ1v) is 18.1. The van der Waals surface area contributed by atoms with Crippen LogP contribution in [-0.4, -0.2) is 26.0 Å². The minimum absolute atomic E-state index is 0.349. The van der Waals surface area contributed by atoms with E-state index in [1.54, 1.807) is 18.5 Å². The SMILES string of the molecule is Cc1ncc(N)c(-c2ccccc2)n1.Cc1ncc(NC(=O)Nc2ccccc2-c2ccccc2)c(-c2ccccc2)n1.O=Nc1ccccc1-c1ccccc1. The maximum absolute atomic E-state index is 12.8. The molecule has 0 saturated carbocycles. The van der Waals surface area contributed by atoms with Crippen LogP contribution in [0.5, 0.6) is 0 Å². The number of nitrogens with two attached hydrogens (primary N) is 1. The predicted molar refractivity (Wildman–Crippen MR) is 231 cm³/mol. The van der Waals surface area contributed by atoms with E-state index in [1.165, 1.54) is 0 Å². The van der Waals surface area contributed by atoms with Crippen molar-refractivity contribution < 1.29 is 4.79 Å². The lowest BCUT2D eigenvalue weighted by Crippen LogP contribution is -2.20. The normalized spacial score (nSPS) is 10.1. The summed E-state index contributed by atoms with van der Waals surface area (Å²) in [6.07, 6.45) is 3.28. The number of nitrogens with one attached hydrogen (secondary N) is 2. The summed E-state index contributed by atoms with van der Waals surface area (Å²) in [5.41, 5.74) is 15.5. The third-order valence-electron chi connectivity index (χ3n) is 8.54. The topological polar surface area (TPSA) is 148 Å². The van der Waals surface area contributed by atoms with E-state index < -0.39 is 0 Å². The molecular formula is C47H40N8O2. The zero-order chi connectivity index (χ0) is 39.8. The molecule has 4 N–H and O–H groups in total. The Kier molecular flexibility index (Phi) is 13.3. The first-order valence-electron chi connectivity index (χ1n) is 18.1. The van der Waals surface area contributed by atoms with E-state index in [-0.39, 0.29) is 6.03 Å². The molecule has 0 aliphatic heterocycles. The van der Waals surface area contributed by atoms with Crippen molar-refractivity contribution in [3.8, 4) is 44.8 Å². The summed E-state index contributed by atoms with van der Waals surface area (Å²) < 4.78 is 0. The van der Waals surface area contributed by atoms with Gasteiger partial charge in [0.15, 0.2) is 0 Å². The summed E-state index contributed by atoms with van der Waals surface area (Å²) in [5, 5.41) is 8.83. The fourth-order valence-electron chi connectivity index (χ4n) is 5.84. The van der Waals surface area contributed by atoms with Crippen LogP contribution < -0.4 is 16.4 Å². The average Bonchev–Trinajstić information content (AvgIpc) is 3.27. The molecule has 0 radical (unpaired) electrons. The number of nitrogen functional groups attached to an aromatic ring is 1. The number of rotatable bonds is 7. The number of carbonyl (C=O) groups is 1. The van der Waals surface area contributed by atoms with Crippen LogP contribution in [0.1, 0.15) is 11.6 Å². The molecule has 6 aromatic carbocycles. The number of carbonyl (C=O) groups excluding carboxylic acids is 1. The molecule has 0 atom stereocenters. The van der Waals surface area contributed by atoms with Gasteiger partial charge in [-0.2, -0.15) is 0 Å². The lowest BCUT2D eigenvalue weighted by molar-refractivity contribution is 0.262. The van der Waals surface area contributed by atoms with E-state index in [2.05, 4.69) is 35.7 Å². The van der Waals surface area contributed by atoms with Crippen LogP contribution in [0.25, 0.3) is 44.8 Å². The van der Waals surface area contributed by atoms with Gasteiger partial charge in [-0.15, -0.1) is 4.91 Å². The van der Waals surface area contributed by atoms with E-state index in [0.29, 0.717) is 28.6 Å². The fourth-order valence-corrected chi connectivity index (χ4v) is 5.84. The lowest BCUT2D eigenvalue weighted by atomic mass is 10.0. The van der Waals surface area contributed by atoms with Crippen molar-refractivity contribution in [1.29, 1.82) is 0 Å². The van der Waals surface area contributed by atoms with Crippen LogP contribution in [0.4, 0.5) is 27.5 Å². The molecule has 0 aliphatic rings. The van der Waals surface area contributed by atoms with Crippen LogP contribution in [0.3, 0.4) is 0 Å². The molecule has 0 bridgehead atoms. The number of aryl methyl sites for hydroxylation is 2. The van der Waals surface area contributed by atoms with E-state index in [4.69, 9.17) is 5.73 Å². The Bertz CT molecular complexity index is 2540. The van der Waals surface area contributed by atoms with Crippen molar-refractivity contribution in [3.63, 3.8) is 0 Å². The molecule has 0 aliphatic carbocycles. The Labute approximate surface area is 331 Å². The Balaban J connectivity index is 0.000000163. The van der Waals surface area contributed by atoms with Gasteiger partial charge in [-0.1, -0.05) is 158 Å². The zero-order valence-electron chi connectivity index (χ0n) is 31.5. The van der Waals surface area contributed by atoms with Crippen molar-refractivity contribution in [2.75, 3.05) is 16.4 Å². The van der Waals surface area contributed by atoms with Gasteiger partial charge in [0, 0.05) is 22.3 Å². The van der Waals surface area contributed by atoms with E-state index >= 15 is 0 Å². The summed E-state index contributed by atoms with van der Waals surface area (Å²) in [4.78, 5) is 40.4. The minimum atomic E-state index is -0.349. The third kappa shape index (κ3) is 10.6. The van der Waals surface area contributed by atoms with Crippen LogP contribution in [0.2, 0.25) is 0 Å². The summed E-state index contributed by atoms with van der Waals surface area (Å²) >= 11 is 0. The highest BCUT2D eigenvalue weighted by Gasteiger charge is 2.13. The van der Waals surface area contributed by atoms with Crippen LogP contribution in [0, 0.1) is 18.8 Å². The number of hydrogen-bond donors (Lipinski definition) is 3. The molecule has 280 valence electrons. The second kappa shape index (κ2) is 19.5. The van der Waals surface area contributed by atoms with Crippen LogP contribution in [0.15, 0.2) is 187 Å². The van der Waals surface area contributed by atoms with Gasteiger partial charge < -0.3 is 16.4 Å². The summed E-state index contributed by atoms with van der Waals surface area (Å²) in [5.74, 6) is 1.38. The second-order valence-electron chi connectivity index (χ2n) is 12.6.